The average molecular weight is 460 g/mol. The number of carbonyl (C=O) groups is 1. The van der Waals surface area contributed by atoms with E-state index in [1.54, 1.807) is 0 Å². The normalized spacial score (nSPS) is 21.8. The molecule has 3 rings (SSSR count). The maximum absolute atomic E-state index is 12.0. The van der Waals surface area contributed by atoms with Gasteiger partial charge in [0.05, 0.1) is 19.8 Å². The largest absolute Gasteiger partial charge is 0.491 e. The third-order valence-corrected chi connectivity index (χ3v) is 5.05. The number of β-amino-alcohol motifs (C(OH)–C–C–N with tert-alkyl or cyclic N) is 1. The first-order valence-corrected chi connectivity index (χ1v) is 10.6. The van der Waals surface area contributed by atoms with Crippen LogP contribution in [0.2, 0.25) is 0 Å². The highest BCUT2D eigenvalue weighted by molar-refractivity contribution is 5.85. The number of carbonyl (C=O) groups excluding carboxylic acids is 1. The van der Waals surface area contributed by atoms with Gasteiger partial charge in [-0.3, -0.25) is 9.69 Å². The van der Waals surface area contributed by atoms with Crippen molar-refractivity contribution in [2.75, 3.05) is 52.7 Å². The Kier molecular flexibility index (Phi) is 10.5. The van der Waals surface area contributed by atoms with Crippen LogP contribution in [0.4, 0.5) is 0 Å². The Hall–Kier alpha value is -1.42. The summed E-state index contributed by atoms with van der Waals surface area (Å²) in [7, 11) is 0. The van der Waals surface area contributed by atoms with Gasteiger partial charge in [-0.1, -0.05) is 12.1 Å². The summed E-state index contributed by atoms with van der Waals surface area (Å²) >= 11 is 0. The van der Waals surface area contributed by atoms with E-state index >= 15 is 0 Å². The summed E-state index contributed by atoms with van der Waals surface area (Å²) in [5.41, 5.74) is 1.02. The molecule has 0 amide bonds. The quantitative estimate of drug-likeness (QED) is 0.530. The molecule has 0 aliphatic carbocycles. The van der Waals surface area contributed by atoms with Crippen LogP contribution < -0.4 is 4.74 Å². The van der Waals surface area contributed by atoms with Gasteiger partial charge in [0.2, 0.25) is 0 Å². The molecule has 9 heteroatoms. The standard InChI is InChI=1S/C22H33NO7.ClH/c1-22(2)29-16-20(30-22)15-28-21(25)8-5-17-3-6-19(7-4-17)27-14-18(24)13-23-9-11-26-12-10-23;/h3-4,6-7,18,20,24H,5,8-16H2,1-2H3;1H/t18-,20+;/m0./s1. The van der Waals surface area contributed by atoms with E-state index in [2.05, 4.69) is 4.90 Å². The molecule has 1 N–H and O–H groups in total. The number of aliphatic hydroxyl groups excluding tert-OH is 1. The SMILES string of the molecule is CC1(C)OC[C@@H](COC(=O)CCc2ccc(OC[C@@H](O)CN3CCOCC3)cc2)O1.Cl. The van der Waals surface area contributed by atoms with Crippen molar-refractivity contribution in [1.29, 1.82) is 0 Å². The van der Waals surface area contributed by atoms with Gasteiger partial charge in [-0.05, 0) is 38.0 Å². The summed E-state index contributed by atoms with van der Waals surface area (Å²) < 4.78 is 27.3. The van der Waals surface area contributed by atoms with Crippen LogP contribution in [0.5, 0.6) is 5.75 Å². The van der Waals surface area contributed by atoms with E-state index in [1.165, 1.54) is 0 Å². The molecule has 0 spiro atoms. The number of rotatable bonds is 10. The topological polar surface area (TPSA) is 86.7 Å². The summed E-state index contributed by atoms with van der Waals surface area (Å²) in [6.07, 6.45) is 0.137. The van der Waals surface area contributed by atoms with Gasteiger partial charge in [0, 0.05) is 26.1 Å². The lowest BCUT2D eigenvalue weighted by atomic mass is 10.1. The van der Waals surface area contributed by atoms with Gasteiger partial charge < -0.3 is 28.8 Å². The maximum atomic E-state index is 12.0. The second-order valence-electron chi connectivity index (χ2n) is 8.16. The molecular formula is C22H34ClNO7. The highest BCUT2D eigenvalue weighted by Gasteiger charge is 2.33. The van der Waals surface area contributed by atoms with Crippen molar-refractivity contribution in [3.63, 3.8) is 0 Å². The Labute approximate surface area is 190 Å². The van der Waals surface area contributed by atoms with E-state index in [0.29, 0.717) is 45.0 Å². The van der Waals surface area contributed by atoms with Gasteiger partial charge in [0.15, 0.2) is 5.79 Å². The van der Waals surface area contributed by atoms with E-state index in [0.717, 1.165) is 18.7 Å². The third-order valence-electron chi connectivity index (χ3n) is 5.05. The number of hydrogen-bond donors (Lipinski definition) is 1. The van der Waals surface area contributed by atoms with Crippen molar-refractivity contribution >= 4 is 18.4 Å². The van der Waals surface area contributed by atoms with E-state index in [9.17, 15) is 9.90 Å². The van der Waals surface area contributed by atoms with Crippen molar-refractivity contribution in [2.45, 2.75) is 44.7 Å². The monoisotopic (exact) mass is 459 g/mol. The zero-order valence-corrected chi connectivity index (χ0v) is 19.1. The molecule has 0 saturated carbocycles. The minimum absolute atomic E-state index is 0. The summed E-state index contributed by atoms with van der Waals surface area (Å²) in [4.78, 5) is 14.1. The molecule has 2 aliphatic heterocycles. The second-order valence-corrected chi connectivity index (χ2v) is 8.16. The van der Waals surface area contributed by atoms with E-state index in [1.807, 2.05) is 38.1 Å². The summed E-state index contributed by atoms with van der Waals surface area (Å²) in [5, 5.41) is 10.1. The lowest BCUT2D eigenvalue weighted by Crippen LogP contribution is -2.42. The zero-order chi connectivity index (χ0) is 21.4. The van der Waals surface area contributed by atoms with Crippen molar-refractivity contribution in [3.05, 3.63) is 29.8 Å². The Balaban J connectivity index is 0.00000341. The molecule has 1 aromatic carbocycles. The fraction of sp³-hybridized carbons (Fsp3) is 0.682. The van der Waals surface area contributed by atoms with Crippen LogP contribution in [-0.2, 0) is 30.2 Å². The molecule has 0 unspecified atom stereocenters. The van der Waals surface area contributed by atoms with E-state index in [4.69, 9.17) is 23.7 Å². The first-order valence-electron chi connectivity index (χ1n) is 10.6. The number of halogens is 1. The fourth-order valence-corrected chi connectivity index (χ4v) is 3.43. The van der Waals surface area contributed by atoms with Crippen LogP contribution in [0.3, 0.4) is 0 Å². The first-order chi connectivity index (χ1) is 14.4. The van der Waals surface area contributed by atoms with Crippen LogP contribution in [-0.4, -0.2) is 86.6 Å². The lowest BCUT2D eigenvalue weighted by Gasteiger charge is -2.28. The molecule has 176 valence electrons. The molecule has 31 heavy (non-hydrogen) atoms. The van der Waals surface area contributed by atoms with Crippen molar-refractivity contribution in [3.8, 4) is 5.75 Å². The number of ether oxygens (including phenoxy) is 5. The lowest BCUT2D eigenvalue weighted by molar-refractivity contribution is -0.158. The number of hydrogen-bond acceptors (Lipinski definition) is 8. The van der Waals surface area contributed by atoms with Gasteiger partial charge >= 0.3 is 5.97 Å². The number of esters is 1. The molecule has 1 aromatic rings. The average Bonchev–Trinajstić information content (AvgIpc) is 3.09. The van der Waals surface area contributed by atoms with Crippen LogP contribution in [0.1, 0.15) is 25.8 Å². The van der Waals surface area contributed by atoms with Crippen LogP contribution >= 0.6 is 12.4 Å². The van der Waals surface area contributed by atoms with Crippen LogP contribution in [0, 0.1) is 0 Å². The van der Waals surface area contributed by atoms with Crippen molar-refractivity contribution < 1.29 is 33.6 Å². The second kappa shape index (κ2) is 12.6. The summed E-state index contributed by atoms with van der Waals surface area (Å²) in [6, 6.07) is 7.56. The number of benzene rings is 1. The van der Waals surface area contributed by atoms with Crippen molar-refractivity contribution in [1.82, 2.24) is 4.90 Å². The third kappa shape index (κ3) is 9.31. The van der Waals surface area contributed by atoms with Gasteiger partial charge in [-0.25, -0.2) is 0 Å². The van der Waals surface area contributed by atoms with Gasteiger partial charge in [-0.15, -0.1) is 12.4 Å². The summed E-state index contributed by atoms with van der Waals surface area (Å²) in [5.74, 6) is -0.169. The molecule has 2 atom stereocenters. The Morgan fingerprint density at radius 1 is 1.26 bits per heavy atom. The highest BCUT2D eigenvalue weighted by atomic mass is 35.5. The predicted molar refractivity (Wildman–Crippen MR) is 117 cm³/mol. The minimum Gasteiger partial charge on any atom is -0.491 e. The molecular weight excluding hydrogens is 426 g/mol. The molecule has 8 nitrogen and oxygen atoms in total. The van der Waals surface area contributed by atoms with E-state index < -0.39 is 11.9 Å². The molecule has 0 bridgehead atoms. The number of aliphatic hydroxyl groups is 1. The zero-order valence-electron chi connectivity index (χ0n) is 18.3. The van der Waals surface area contributed by atoms with Gasteiger partial charge in [-0.2, -0.15) is 0 Å². The number of aryl methyl sites for hydroxylation is 1. The number of nitrogens with zero attached hydrogens (tertiary/aromatic N) is 1. The van der Waals surface area contributed by atoms with Gasteiger partial charge in [0.1, 0.15) is 31.2 Å². The molecule has 2 heterocycles. The smallest absolute Gasteiger partial charge is 0.306 e. The van der Waals surface area contributed by atoms with Crippen LogP contribution in [0.25, 0.3) is 0 Å². The molecule has 2 saturated heterocycles. The molecule has 2 aliphatic rings. The first kappa shape index (κ1) is 25.8. The number of morpholine rings is 1. The fourth-order valence-electron chi connectivity index (χ4n) is 3.43. The predicted octanol–water partition coefficient (Wildman–Crippen LogP) is 1.81. The summed E-state index contributed by atoms with van der Waals surface area (Å²) in [6.45, 7) is 8.25. The Bertz CT molecular complexity index is 664. The Morgan fingerprint density at radius 3 is 2.61 bits per heavy atom. The highest BCUT2D eigenvalue weighted by Crippen LogP contribution is 2.22. The maximum Gasteiger partial charge on any atom is 0.306 e. The van der Waals surface area contributed by atoms with Crippen molar-refractivity contribution in [2.24, 2.45) is 0 Å². The molecule has 0 aromatic heterocycles. The Morgan fingerprint density at radius 2 is 1.97 bits per heavy atom. The van der Waals surface area contributed by atoms with E-state index in [-0.39, 0.29) is 37.7 Å². The minimum atomic E-state index is -0.612. The van der Waals surface area contributed by atoms with Gasteiger partial charge in [0.25, 0.3) is 0 Å². The van der Waals surface area contributed by atoms with Crippen LogP contribution in [0.15, 0.2) is 24.3 Å². The molecule has 2 fully saturated rings. The molecule has 0 radical (unpaired) electrons.